The van der Waals surface area contributed by atoms with E-state index in [0.29, 0.717) is 11.7 Å². The molecule has 5 heteroatoms. The Bertz CT molecular complexity index is 585. The molecular formula is C14H16N4O. The first-order chi connectivity index (χ1) is 9.35. The number of nitrogen functional groups attached to an aromatic ring is 1. The lowest BCUT2D eigenvalue weighted by atomic mass is 9.92. The Morgan fingerprint density at radius 2 is 1.89 bits per heavy atom. The van der Waals surface area contributed by atoms with Crippen molar-refractivity contribution in [3.8, 4) is 11.6 Å². The second-order valence-electron chi connectivity index (χ2n) is 4.63. The minimum absolute atomic E-state index is 0.485. The number of hydrogen-bond donors (Lipinski definition) is 2. The molecule has 3 N–H and O–H groups in total. The van der Waals surface area contributed by atoms with Crippen molar-refractivity contribution in [3.05, 3.63) is 41.7 Å². The van der Waals surface area contributed by atoms with E-state index < -0.39 is 0 Å². The zero-order chi connectivity index (χ0) is 13.1. The maximum Gasteiger partial charge on any atom is 0.224 e. The Morgan fingerprint density at radius 1 is 1.05 bits per heavy atom. The number of aryl methyl sites for hydroxylation is 2. The molecule has 1 aliphatic carbocycles. The number of nitrogens with two attached hydrogens (primary N) is 1. The van der Waals surface area contributed by atoms with Crippen LogP contribution in [-0.4, -0.2) is 9.97 Å². The van der Waals surface area contributed by atoms with Crippen LogP contribution in [0.2, 0.25) is 0 Å². The van der Waals surface area contributed by atoms with Gasteiger partial charge in [-0.3, -0.25) is 0 Å². The average Bonchev–Trinajstić information content (AvgIpc) is 2.47. The maximum absolute atomic E-state index is 5.74. The Morgan fingerprint density at radius 3 is 2.74 bits per heavy atom. The van der Waals surface area contributed by atoms with E-state index in [-0.39, 0.29) is 0 Å². The van der Waals surface area contributed by atoms with Crippen LogP contribution in [0.5, 0.6) is 11.6 Å². The average molecular weight is 256 g/mol. The van der Waals surface area contributed by atoms with Crippen LogP contribution >= 0.6 is 0 Å². The first-order valence-electron chi connectivity index (χ1n) is 6.43. The summed E-state index contributed by atoms with van der Waals surface area (Å²) in [5.41, 5.74) is 5.29. The van der Waals surface area contributed by atoms with Crippen molar-refractivity contribution in [2.45, 2.75) is 25.7 Å². The predicted molar refractivity (Wildman–Crippen MR) is 73.0 cm³/mol. The zero-order valence-corrected chi connectivity index (χ0v) is 10.6. The van der Waals surface area contributed by atoms with Crippen LogP contribution in [0.4, 0.5) is 5.82 Å². The molecule has 0 fully saturated rings. The molecule has 0 atom stereocenters. The molecule has 98 valence electrons. The normalized spacial score (nSPS) is 13.7. The second-order valence-corrected chi connectivity index (χ2v) is 4.63. The van der Waals surface area contributed by atoms with Crippen molar-refractivity contribution in [2.24, 2.45) is 5.84 Å². The number of aromatic nitrogens is 2. The van der Waals surface area contributed by atoms with E-state index in [0.717, 1.165) is 12.2 Å². The second kappa shape index (κ2) is 5.24. The molecule has 1 aromatic heterocycles. The smallest absolute Gasteiger partial charge is 0.224 e. The van der Waals surface area contributed by atoms with Crippen molar-refractivity contribution in [1.82, 2.24) is 9.97 Å². The molecule has 1 aliphatic rings. The summed E-state index contributed by atoms with van der Waals surface area (Å²) in [7, 11) is 0. The lowest BCUT2D eigenvalue weighted by molar-refractivity contribution is 0.460. The van der Waals surface area contributed by atoms with Gasteiger partial charge in [0.1, 0.15) is 17.9 Å². The lowest BCUT2D eigenvalue weighted by Crippen LogP contribution is -2.08. The van der Waals surface area contributed by atoms with Crippen molar-refractivity contribution in [1.29, 1.82) is 0 Å². The van der Waals surface area contributed by atoms with E-state index in [1.165, 1.54) is 36.7 Å². The van der Waals surface area contributed by atoms with Crippen molar-refractivity contribution >= 4 is 5.82 Å². The van der Waals surface area contributed by atoms with E-state index in [4.69, 9.17) is 10.6 Å². The van der Waals surface area contributed by atoms with Crippen molar-refractivity contribution in [3.63, 3.8) is 0 Å². The highest BCUT2D eigenvalue weighted by molar-refractivity contribution is 5.41. The van der Waals surface area contributed by atoms with E-state index >= 15 is 0 Å². The molecule has 3 rings (SSSR count). The van der Waals surface area contributed by atoms with Crippen LogP contribution in [0, 0.1) is 0 Å². The molecule has 2 aromatic rings. The molecule has 0 bridgehead atoms. The van der Waals surface area contributed by atoms with Crippen LogP contribution in [0.15, 0.2) is 30.6 Å². The van der Waals surface area contributed by atoms with Gasteiger partial charge in [-0.1, -0.05) is 6.07 Å². The van der Waals surface area contributed by atoms with E-state index in [1.54, 1.807) is 6.07 Å². The molecule has 0 amide bonds. The summed E-state index contributed by atoms with van der Waals surface area (Å²) < 4.78 is 5.74. The maximum atomic E-state index is 5.74. The number of nitrogens with one attached hydrogen (secondary N) is 1. The van der Waals surface area contributed by atoms with Gasteiger partial charge in [0.15, 0.2) is 0 Å². The number of fused-ring (bicyclic) bond motifs is 1. The number of hydrazine groups is 1. The fourth-order valence-corrected chi connectivity index (χ4v) is 2.37. The quantitative estimate of drug-likeness (QED) is 0.651. The van der Waals surface area contributed by atoms with Gasteiger partial charge in [-0.15, -0.1) is 0 Å². The zero-order valence-electron chi connectivity index (χ0n) is 10.6. The number of nitrogens with zero attached hydrogens (tertiary/aromatic N) is 2. The first kappa shape index (κ1) is 11.9. The van der Waals surface area contributed by atoms with Crippen LogP contribution in [0.1, 0.15) is 24.0 Å². The third kappa shape index (κ3) is 2.66. The predicted octanol–water partition coefficient (Wildman–Crippen LogP) is 2.43. The molecule has 0 spiro atoms. The Balaban J connectivity index is 1.82. The molecule has 0 radical (unpaired) electrons. The summed E-state index contributed by atoms with van der Waals surface area (Å²) in [5, 5.41) is 0. The van der Waals surface area contributed by atoms with Gasteiger partial charge in [0.2, 0.25) is 5.88 Å². The van der Waals surface area contributed by atoms with Crippen LogP contribution in [-0.2, 0) is 12.8 Å². The molecule has 5 nitrogen and oxygen atoms in total. The van der Waals surface area contributed by atoms with Gasteiger partial charge < -0.3 is 10.2 Å². The Hall–Kier alpha value is -2.14. The highest BCUT2D eigenvalue weighted by Crippen LogP contribution is 2.27. The third-order valence-electron chi connectivity index (χ3n) is 3.33. The first-order valence-corrected chi connectivity index (χ1v) is 6.43. The van der Waals surface area contributed by atoms with Gasteiger partial charge in [-0.2, -0.15) is 0 Å². The highest BCUT2D eigenvalue weighted by atomic mass is 16.5. The Labute approximate surface area is 111 Å². The molecule has 19 heavy (non-hydrogen) atoms. The van der Waals surface area contributed by atoms with Crippen molar-refractivity contribution in [2.75, 3.05) is 5.43 Å². The SMILES string of the molecule is NNc1cc(Oc2ccc3c(c2)CCCC3)ncn1. The minimum Gasteiger partial charge on any atom is -0.439 e. The van der Waals surface area contributed by atoms with Gasteiger partial charge in [-0.25, -0.2) is 15.8 Å². The molecule has 1 aromatic carbocycles. The molecule has 0 unspecified atom stereocenters. The number of hydrogen-bond acceptors (Lipinski definition) is 5. The number of rotatable bonds is 3. The van der Waals surface area contributed by atoms with E-state index in [1.807, 2.05) is 6.07 Å². The summed E-state index contributed by atoms with van der Waals surface area (Å²) in [6.07, 6.45) is 6.26. The highest BCUT2D eigenvalue weighted by Gasteiger charge is 2.10. The summed E-state index contributed by atoms with van der Waals surface area (Å²) >= 11 is 0. The molecule has 1 heterocycles. The fraction of sp³-hybridized carbons (Fsp3) is 0.286. The molecule has 0 saturated heterocycles. The van der Waals surface area contributed by atoms with Crippen molar-refractivity contribution < 1.29 is 4.74 Å². The summed E-state index contributed by atoms with van der Waals surface area (Å²) in [4.78, 5) is 8.01. The van der Waals surface area contributed by atoms with E-state index in [9.17, 15) is 0 Å². The largest absolute Gasteiger partial charge is 0.439 e. The van der Waals surface area contributed by atoms with Crippen LogP contribution < -0.4 is 16.0 Å². The van der Waals surface area contributed by atoms with Gasteiger partial charge in [-0.05, 0) is 48.9 Å². The minimum atomic E-state index is 0.485. The standard InChI is InChI=1S/C14H16N4O/c15-18-13-8-14(17-9-16-13)19-12-6-5-10-3-1-2-4-11(10)7-12/h5-9H,1-4,15H2,(H,16,17,18). The summed E-state index contributed by atoms with van der Waals surface area (Å²) in [6.45, 7) is 0. The van der Waals surface area contributed by atoms with Crippen LogP contribution in [0.3, 0.4) is 0 Å². The molecule has 0 aliphatic heterocycles. The lowest BCUT2D eigenvalue weighted by Gasteiger charge is -2.16. The van der Waals surface area contributed by atoms with Gasteiger partial charge >= 0.3 is 0 Å². The topological polar surface area (TPSA) is 73.1 Å². The monoisotopic (exact) mass is 256 g/mol. The number of benzene rings is 1. The Kier molecular flexibility index (Phi) is 3.29. The molecule has 0 saturated carbocycles. The van der Waals surface area contributed by atoms with Crippen LogP contribution in [0.25, 0.3) is 0 Å². The number of ether oxygens (including phenoxy) is 1. The molecular weight excluding hydrogens is 240 g/mol. The van der Waals surface area contributed by atoms with Gasteiger partial charge in [0.25, 0.3) is 0 Å². The summed E-state index contributed by atoms with van der Waals surface area (Å²) in [5.74, 6) is 7.13. The third-order valence-corrected chi connectivity index (χ3v) is 3.33. The van der Waals surface area contributed by atoms with E-state index in [2.05, 4.69) is 27.5 Å². The fourth-order valence-electron chi connectivity index (χ4n) is 2.37. The number of anilines is 1. The van der Waals surface area contributed by atoms with Gasteiger partial charge in [0, 0.05) is 6.07 Å². The van der Waals surface area contributed by atoms with Gasteiger partial charge in [0.05, 0.1) is 0 Å². The summed E-state index contributed by atoms with van der Waals surface area (Å²) in [6, 6.07) is 7.90.